The molecule has 0 aliphatic carbocycles. The molecule has 2 aliphatic heterocycles. The molecule has 1 amide bonds. The van der Waals surface area contributed by atoms with Crippen molar-refractivity contribution in [3.05, 3.63) is 64.5 Å². The Hall–Kier alpha value is -3.17. The number of aromatic nitrogens is 2. The minimum atomic E-state index is -0.897. The summed E-state index contributed by atoms with van der Waals surface area (Å²) in [7, 11) is 0. The smallest absolute Gasteiger partial charge is 0.295 e. The van der Waals surface area contributed by atoms with Gasteiger partial charge in [0.25, 0.3) is 11.7 Å². The Morgan fingerprint density at radius 2 is 1.97 bits per heavy atom. The van der Waals surface area contributed by atoms with Gasteiger partial charge in [-0.05, 0) is 38.0 Å². The van der Waals surface area contributed by atoms with Gasteiger partial charge in [-0.1, -0.05) is 12.1 Å². The predicted molar refractivity (Wildman–Crippen MR) is 119 cm³/mol. The highest BCUT2D eigenvalue weighted by molar-refractivity contribution is 6.46. The zero-order chi connectivity index (χ0) is 23.5. The van der Waals surface area contributed by atoms with E-state index in [0.29, 0.717) is 43.3 Å². The van der Waals surface area contributed by atoms with E-state index in [9.17, 15) is 19.1 Å². The number of aryl methyl sites for hydroxylation is 2. The maximum atomic E-state index is 14.1. The molecule has 2 saturated heterocycles. The maximum absolute atomic E-state index is 14.1. The lowest BCUT2D eigenvalue weighted by Crippen LogP contribution is -2.39. The van der Waals surface area contributed by atoms with Crippen LogP contribution >= 0.6 is 0 Å². The van der Waals surface area contributed by atoms with Gasteiger partial charge in [-0.3, -0.25) is 14.5 Å². The van der Waals surface area contributed by atoms with Gasteiger partial charge in [0.15, 0.2) is 0 Å². The van der Waals surface area contributed by atoms with E-state index in [4.69, 9.17) is 4.74 Å². The number of aliphatic hydroxyl groups excluding tert-OH is 1. The Kier molecular flexibility index (Phi) is 6.80. The zero-order valence-electron chi connectivity index (χ0n) is 18.8. The first-order valence-corrected chi connectivity index (χ1v) is 11.0. The number of aliphatic hydroxyl groups is 1. The number of carbonyl (C=O) groups is 2. The van der Waals surface area contributed by atoms with Crippen LogP contribution in [0.15, 0.2) is 36.0 Å². The van der Waals surface area contributed by atoms with Crippen molar-refractivity contribution < 1.29 is 23.8 Å². The fourth-order valence-corrected chi connectivity index (χ4v) is 4.38. The second-order valence-corrected chi connectivity index (χ2v) is 8.27. The van der Waals surface area contributed by atoms with Gasteiger partial charge >= 0.3 is 0 Å². The number of hydrogen-bond acceptors (Lipinski definition) is 7. The Labute approximate surface area is 191 Å². The highest BCUT2D eigenvalue weighted by atomic mass is 19.1. The molecule has 0 radical (unpaired) electrons. The largest absolute Gasteiger partial charge is 0.507 e. The van der Waals surface area contributed by atoms with Crippen molar-refractivity contribution in [2.45, 2.75) is 26.3 Å². The third-order valence-electron chi connectivity index (χ3n) is 6.04. The van der Waals surface area contributed by atoms with E-state index in [-0.39, 0.29) is 16.9 Å². The number of Topliss-reactive ketones (excluding diaryl/α,β-unsaturated/α-hetero) is 1. The van der Waals surface area contributed by atoms with Crippen molar-refractivity contribution in [2.75, 3.05) is 39.4 Å². The fourth-order valence-electron chi connectivity index (χ4n) is 4.38. The average Bonchev–Trinajstić information content (AvgIpc) is 3.04. The molecule has 2 aliphatic rings. The summed E-state index contributed by atoms with van der Waals surface area (Å²) in [5.41, 5.74) is 1.10. The van der Waals surface area contributed by atoms with Gasteiger partial charge in [0.1, 0.15) is 17.4 Å². The molecule has 0 spiro atoms. The Morgan fingerprint density at radius 3 is 2.67 bits per heavy atom. The molecule has 174 valence electrons. The summed E-state index contributed by atoms with van der Waals surface area (Å²) in [6, 6.07) is 4.87. The molecule has 9 heteroatoms. The molecule has 1 aromatic heterocycles. The van der Waals surface area contributed by atoms with Crippen molar-refractivity contribution in [1.82, 2.24) is 19.8 Å². The number of halogens is 1. The minimum Gasteiger partial charge on any atom is -0.507 e. The van der Waals surface area contributed by atoms with E-state index in [1.807, 2.05) is 0 Å². The summed E-state index contributed by atoms with van der Waals surface area (Å²) < 4.78 is 19.5. The van der Waals surface area contributed by atoms with Gasteiger partial charge in [0.05, 0.1) is 36.1 Å². The average molecular weight is 455 g/mol. The summed E-state index contributed by atoms with van der Waals surface area (Å²) >= 11 is 0. The van der Waals surface area contributed by atoms with Crippen molar-refractivity contribution >= 4 is 17.4 Å². The number of ketones is 1. The van der Waals surface area contributed by atoms with Crippen LogP contribution in [0.2, 0.25) is 0 Å². The molecular formula is C24H27FN4O4. The van der Waals surface area contributed by atoms with Crippen LogP contribution < -0.4 is 0 Å². The molecule has 0 saturated carbocycles. The minimum absolute atomic E-state index is 0.0764. The van der Waals surface area contributed by atoms with Crippen molar-refractivity contribution in [3.63, 3.8) is 0 Å². The normalized spacial score (nSPS) is 21.1. The lowest BCUT2D eigenvalue weighted by atomic mass is 9.95. The van der Waals surface area contributed by atoms with E-state index in [1.54, 1.807) is 19.9 Å². The van der Waals surface area contributed by atoms with Crippen LogP contribution in [0.1, 0.15) is 35.1 Å². The van der Waals surface area contributed by atoms with E-state index >= 15 is 0 Å². The molecule has 2 aromatic rings. The van der Waals surface area contributed by atoms with Crippen LogP contribution in [0.5, 0.6) is 0 Å². The first-order valence-electron chi connectivity index (χ1n) is 11.0. The summed E-state index contributed by atoms with van der Waals surface area (Å²) in [5.74, 6) is -1.82. The number of ether oxygens (including phenoxy) is 1. The number of morpholine rings is 1. The Morgan fingerprint density at radius 1 is 1.21 bits per heavy atom. The molecule has 1 N–H and O–H groups in total. The Balaban J connectivity index is 1.70. The standard InChI is InChI=1S/C24H27FN4O4/c1-15-19(14-26-16(2)27-15)22(30)20-21(17-5-3-6-18(25)13-17)29(24(32)23(20)31)8-4-7-28-9-11-33-12-10-28/h3,5-6,13-14,21,30H,4,7-12H2,1-2H3/b22-20+/t21-/m1/s1. The number of rotatable bonds is 6. The van der Waals surface area contributed by atoms with Crippen molar-refractivity contribution in [3.8, 4) is 0 Å². The monoisotopic (exact) mass is 454 g/mol. The second-order valence-electron chi connectivity index (χ2n) is 8.27. The number of amides is 1. The van der Waals surface area contributed by atoms with Crippen LogP contribution in [0.3, 0.4) is 0 Å². The molecule has 3 heterocycles. The van der Waals surface area contributed by atoms with Crippen molar-refractivity contribution in [2.24, 2.45) is 0 Å². The highest BCUT2D eigenvalue weighted by Gasteiger charge is 2.46. The highest BCUT2D eigenvalue weighted by Crippen LogP contribution is 2.39. The van der Waals surface area contributed by atoms with E-state index in [0.717, 1.165) is 19.6 Å². The van der Waals surface area contributed by atoms with Gasteiger partial charge in [0, 0.05) is 32.4 Å². The second kappa shape index (κ2) is 9.76. The van der Waals surface area contributed by atoms with Gasteiger partial charge < -0.3 is 14.7 Å². The van der Waals surface area contributed by atoms with Crippen LogP contribution in [0.4, 0.5) is 4.39 Å². The molecule has 0 bridgehead atoms. The number of benzene rings is 1. The fraction of sp³-hybridized carbons (Fsp3) is 0.417. The molecule has 2 fully saturated rings. The molecule has 0 unspecified atom stereocenters. The van der Waals surface area contributed by atoms with Crippen LogP contribution in [0.25, 0.3) is 5.76 Å². The first kappa shape index (κ1) is 23.0. The lowest BCUT2D eigenvalue weighted by molar-refractivity contribution is -0.140. The van der Waals surface area contributed by atoms with Gasteiger partial charge in [-0.25, -0.2) is 14.4 Å². The van der Waals surface area contributed by atoms with Gasteiger partial charge in [-0.15, -0.1) is 0 Å². The zero-order valence-corrected chi connectivity index (χ0v) is 18.8. The molecule has 1 aromatic carbocycles. The number of hydrogen-bond donors (Lipinski definition) is 1. The third kappa shape index (κ3) is 4.79. The lowest BCUT2D eigenvalue weighted by Gasteiger charge is -2.29. The number of carbonyl (C=O) groups excluding carboxylic acids is 2. The van der Waals surface area contributed by atoms with E-state index in [2.05, 4.69) is 14.9 Å². The first-order chi connectivity index (χ1) is 15.9. The van der Waals surface area contributed by atoms with Crippen LogP contribution in [-0.2, 0) is 14.3 Å². The quantitative estimate of drug-likeness (QED) is 0.407. The molecule has 4 rings (SSSR count). The maximum Gasteiger partial charge on any atom is 0.295 e. The molecule has 1 atom stereocenters. The summed E-state index contributed by atoms with van der Waals surface area (Å²) in [6.45, 7) is 7.43. The van der Waals surface area contributed by atoms with E-state index in [1.165, 1.54) is 29.3 Å². The molecule has 8 nitrogen and oxygen atoms in total. The van der Waals surface area contributed by atoms with Crippen LogP contribution in [0, 0.1) is 19.7 Å². The third-order valence-corrected chi connectivity index (χ3v) is 6.04. The SMILES string of the molecule is Cc1ncc(/C(O)=C2\C(=O)C(=O)N(CCCN3CCOCC3)[C@@H]2c2cccc(F)c2)c(C)n1. The number of nitrogens with zero attached hydrogens (tertiary/aromatic N) is 4. The molecule has 33 heavy (non-hydrogen) atoms. The van der Waals surface area contributed by atoms with Gasteiger partial charge in [-0.2, -0.15) is 0 Å². The van der Waals surface area contributed by atoms with Crippen LogP contribution in [-0.4, -0.2) is 76.0 Å². The summed E-state index contributed by atoms with van der Waals surface area (Å²) in [6.07, 6.45) is 2.06. The predicted octanol–water partition coefficient (Wildman–Crippen LogP) is 2.38. The Bertz CT molecular complexity index is 1100. The summed E-state index contributed by atoms with van der Waals surface area (Å²) in [4.78, 5) is 38.1. The van der Waals surface area contributed by atoms with Crippen molar-refractivity contribution in [1.29, 1.82) is 0 Å². The molecular weight excluding hydrogens is 427 g/mol. The van der Waals surface area contributed by atoms with E-state index < -0.39 is 23.5 Å². The number of likely N-dealkylation sites (tertiary alicyclic amines) is 1. The topological polar surface area (TPSA) is 95.9 Å². The summed E-state index contributed by atoms with van der Waals surface area (Å²) in [5, 5.41) is 11.1. The van der Waals surface area contributed by atoms with Gasteiger partial charge in [0.2, 0.25) is 0 Å².